The average Bonchev–Trinajstić information content (AvgIpc) is 2.43. The van der Waals surface area contributed by atoms with E-state index in [1.54, 1.807) is 18.2 Å². The summed E-state index contributed by atoms with van der Waals surface area (Å²) in [6.45, 7) is 5.61. The lowest BCUT2D eigenvalue weighted by Crippen LogP contribution is -2.25. The van der Waals surface area contributed by atoms with E-state index >= 15 is 0 Å². The minimum atomic E-state index is -0.417. The molecule has 1 aromatic carbocycles. The third-order valence-electron chi connectivity index (χ3n) is 1.93. The highest BCUT2D eigenvalue weighted by molar-refractivity contribution is 5.27. The van der Waals surface area contributed by atoms with Gasteiger partial charge in [-0.3, -0.25) is 10.1 Å². The summed E-state index contributed by atoms with van der Waals surface area (Å²) in [4.78, 5) is 11.5. The highest BCUT2D eigenvalue weighted by Gasteiger charge is 1.98. The summed E-state index contributed by atoms with van der Waals surface area (Å²) in [7, 11) is 1.85. The highest BCUT2D eigenvalue weighted by atomic mass is 16.6. The largest absolute Gasteiger partial charge is 0.395 e. The van der Waals surface area contributed by atoms with Gasteiger partial charge in [0.2, 0.25) is 0 Å². The summed E-state index contributed by atoms with van der Waals surface area (Å²) in [5, 5.41) is 26.7. The Morgan fingerprint density at radius 2 is 1.53 bits per heavy atom. The number of aliphatic hydroxyl groups excluding tert-OH is 2. The topological polar surface area (TPSA) is 86.8 Å². The van der Waals surface area contributed by atoms with E-state index in [0.29, 0.717) is 13.1 Å². The van der Waals surface area contributed by atoms with Crippen LogP contribution in [-0.2, 0) is 0 Å². The standard InChI is InChI=1S/C6H5NO2.C5H13NO2.C2H6/c8-7(9)6-4-2-1-3-5-6;1-6(2-4-7)3-5-8;1-2/h1-5H;7-8H,2-5H2,1H3;1-2H3. The van der Waals surface area contributed by atoms with Crippen molar-refractivity contribution in [2.75, 3.05) is 33.4 Å². The Kier molecular flexibility index (Phi) is 15.2. The predicted molar refractivity (Wildman–Crippen MR) is 76.1 cm³/mol. The molecule has 0 heterocycles. The Bertz CT molecular complexity index is 301. The van der Waals surface area contributed by atoms with Gasteiger partial charge in [-0.05, 0) is 7.05 Å². The fraction of sp³-hybridized carbons (Fsp3) is 0.538. The molecule has 2 N–H and O–H groups in total. The molecule has 0 aromatic heterocycles. The minimum Gasteiger partial charge on any atom is -0.395 e. The number of benzene rings is 1. The molecular formula is C13H24N2O4. The molecule has 0 spiro atoms. The van der Waals surface area contributed by atoms with Crippen LogP contribution in [0.25, 0.3) is 0 Å². The number of rotatable bonds is 5. The van der Waals surface area contributed by atoms with E-state index in [4.69, 9.17) is 10.2 Å². The zero-order valence-electron chi connectivity index (χ0n) is 11.8. The quantitative estimate of drug-likeness (QED) is 0.627. The van der Waals surface area contributed by atoms with Gasteiger partial charge in [-0.25, -0.2) is 0 Å². The lowest BCUT2D eigenvalue weighted by Gasteiger charge is -2.11. The number of hydrogen-bond acceptors (Lipinski definition) is 5. The molecule has 0 aliphatic rings. The molecule has 0 radical (unpaired) electrons. The van der Waals surface area contributed by atoms with Crippen molar-refractivity contribution in [1.29, 1.82) is 0 Å². The molecule has 6 heteroatoms. The Morgan fingerprint density at radius 3 is 1.79 bits per heavy atom. The van der Waals surface area contributed by atoms with Gasteiger partial charge >= 0.3 is 0 Å². The van der Waals surface area contributed by atoms with Crippen LogP contribution >= 0.6 is 0 Å². The fourth-order valence-corrected chi connectivity index (χ4v) is 1.00. The molecule has 110 valence electrons. The molecule has 0 fully saturated rings. The van der Waals surface area contributed by atoms with Crippen molar-refractivity contribution in [3.63, 3.8) is 0 Å². The number of hydrogen-bond donors (Lipinski definition) is 2. The first-order valence-electron chi connectivity index (χ1n) is 6.21. The monoisotopic (exact) mass is 272 g/mol. The summed E-state index contributed by atoms with van der Waals surface area (Å²) < 4.78 is 0. The maximum atomic E-state index is 10.0. The van der Waals surface area contributed by atoms with Gasteiger partial charge in [0.15, 0.2) is 0 Å². The first-order chi connectivity index (χ1) is 9.11. The Labute approximate surface area is 114 Å². The smallest absolute Gasteiger partial charge is 0.269 e. The van der Waals surface area contributed by atoms with Crippen LogP contribution in [0.15, 0.2) is 30.3 Å². The lowest BCUT2D eigenvalue weighted by atomic mass is 10.3. The number of nitro benzene ring substituents is 1. The zero-order chi connectivity index (χ0) is 15.1. The number of para-hydroxylation sites is 1. The molecule has 0 amide bonds. The second-order valence-electron chi connectivity index (χ2n) is 3.34. The normalized spacial score (nSPS) is 8.95. The van der Waals surface area contributed by atoms with Gasteiger partial charge in [0, 0.05) is 25.2 Å². The second-order valence-corrected chi connectivity index (χ2v) is 3.34. The molecule has 19 heavy (non-hydrogen) atoms. The summed E-state index contributed by atoms with van der Waals surface area (Å²) >= 11 is 0. The van der Waals surface area contributed by atoms with Crippen LogP contribution in [0.4, 0.5) is 5.69 Å². The fourth-order valence-electron chi connectivity index (χ4n) is 1.00. The van der Waals surface area contributed by atoms with Gasteiger partial charge in [-0.2, -0.15) is 0 Å². The molecular weight excluding hydrogens is 248 g/mol. The van der Waals surface area contributed by atoms with Crippen LogP contribution in [0.1, 0.15) is 13.8 Å². The predicted octanol–water partition coefficient (Wildman–Crippen LogP) is 1.52. The Hall–Kier alpha value is -1.50. The Morgan fingerprint density at radius 1 is 1.11 bits per heavy atom. The number of non-ortho nitro benzene ring substituents is 1. The molecule has 0 saturated heterocycles. The first kappa shape index (κ1) is 19.8. The second kappa shape index (κ2) is 14.6. The molecule has 1 rings (SSSR count). The SMILES string of the molecule is CC.CN(CCO)CCO.O=[N+]([O-])c1ccccc1. The van der Waals surface area contributed by atoms with Crippen molar-refractivity contribution in [3.05, 3.63) is 40.4 Å². The van der Waals surface area contributed by atoms with Crippen molar-refractivity contribution in [1.82, 2.24) is 4.90 Å². The molecule has 6 nitrogen and oxygen atoms in total. The minimum absolute atomic E-state index is 0.137. The number of nitrogens with zero attached hydrogens (tertiary/aromatic N) is 2. The highest BCUT2D eigenvalue weighted by Crippen LogP contribution is 2.06. The maximum Gasteiger partial charge on any atom is 0.269 e. The maximum absolute atomic E-state index is 10.0. The van der Waals surface area contributed by atoms with Gasteiger partial charge in [0.25, 0.3) is 5.69 Å². The number of nitro groups is 1. The van der Waals surface area contributed by atoms with E-state index in [0.717, 1.165) is 0 Å². The van der Waals surface area contributed by atoms with Crippen molar-refractivity contribution >= 4 is 5.69 Å². The molecule has 0 atom stereocenters. The summed E-state index contributed by atoms with van der Waals surface area (Å²) in [5.74, 6) is 0. The van der Waals surface area contributed by atoms with E-state index in [2.05, 4.69) is 0 Å². The van der Waals surface area contributed by atoms with Crippen molar-refractivity contribution in [3.8, 4) is 0 Å². The van der Waals surface area contributed by atoms with Crippen LogP contribution < -0.4 is 0 Å². The van der Waals surface area contributed by atoms with Crippen LogP contribution in [0.5, 0.6) is 0 Å². The molecule has 0 saturated carbocycles. The Balaban J connectivity index is 0. The van der Waals surface area contributed by atoms with Crippen LogP contribution in [0.3, 0.4) is 0 Å². The van der Waals surface area contributed by atoms with E-state index in [-0.39, 0.29) is 18.9 Å². The van der Waals surface area contributed by atoms with Crippen molar-refractivity contribution < 1.29 is 15.1 Å². The van der Waals surface area contributed by atoms with Gasteiger partial charge in [0.05, 0.1) is 18.1 Å². The van der Waals surface area contributed by atoms with E-state index in [1.165, 1.54) is 12.1 Å². The molecule has 0 aliphatic heterocycles. The molecule has 0 bridgehead atoms. The molecule has 1 aromatic rings. The zero-order valence-corrected chi connectivity index (χ0v) is 11.8. The van der Waals surface area contributed by atoms with E-state index in [9.17, 15) is 10.1 Å². The van der Waals surface area contributed by atoms with Gasteiger partial charge in [0.1, 0.15) is 0 Å². The van der Waals surface area contributed by atoms with Gasteiger partial charge in [-0.15, -0.1) is 0 Å². The van der Waals surface area contributed by atoms with Gasteiger partial charge in [-0.1, -0.05) is 32.0 Å². The average molecular weight is 272 g/mol. The third-order valence-corrected chi connectivity index (χ3v) is 1.93. The van der Waals surface area contributed by atoms with Crippen LogP contribution in [0, 0.1) is 10.1 Å². The van der Waals surface area contributed by atoms with Crippen LogP contribution in [-0.4, -0.2) is 53.4 Å². The molecule has 0 aliphatic carbocycles. The number of likely N-dealkylation sites (N-methyl/N-ethyl adjacent to an activating group) is 1. The lowest BCUT2D eigenvalue weighted by molar-refractivity contribution is -0.384. The van der Waals surface area contributed by atoms with Crippen molar-refractivity contribution in [2.45, 2.75) is 13.8 Å². The van der Waals surface area contributed by atoms with Gasteiger partial charge < -0.3 is 15.1 Å². The summed E-state index contributed by atoms with van der Waals surface area (Å²) in [6.07, 6.45) is 0. The van der Waals surface area contributed by atoms with Crippen LogP contribution in [0.2, 0.25) is 0 Å². The summed E-state index contributed by atoms with van der Waals surface area (Å²) in [5.41, 5.74) is 0.137. The third kappa shape index (κ3) is 12.7. The van der Waals surface area contributed by atoms with E-state index < -0.39 is 4.92 Å². The van der Waals surface area contributed by atoms with Crippen molar-refractivity contribution in [2.24, 2.45) is 0 Å². The van der Waals surface area contributed by atoms with E-state index in [1.807, 2.05) is 25.8 Å². The summed E-state index contributed by atoms with van der Waals surface area (Å²) in [6, 6.07) is 7.93. The number of aliphatic hydroxyl groups is 2. The first-order valence-corrected chi connectivity index (χ1v) is 6.21. The molecule has 0 unspecified atom stereocenters.